The Morgan fingerprint density at radius 3 is 2.72 bits per heavy atom. The van der Waals surface area contributed by atoms with E-state index in [0.29, 0.717) is 12.8 Å². The Morgan fingerprint density at radius 1 is 1.33 bits per heavy atom. The number of amides is 1. The van der Waals surface area contributed by atoms with Crippen LogP contribution in [-0.2, 0) is 14.3 Å². The third-order valence-corrected chi connectivity index (χ3v) is 3.44. The molecule has 1 amide bonds. The van der Waals surface area contributed by atoms with Gasteiger partial charge in [0, 0.05) is 12.5 Å². The molecule has 4 heteroatoms. The molecular formula is C14H23NO3. The molecule has 0 unspecified atom stereocenters. The number of hydrogen-bond acceptors (Lipinski definition) is 3. The number of esters is 1. The molecule has 0 saturated heterocycles. The van der Waals surface area contributed by atoms with Gasteiger partial charge in [-0.2, -0.15) is 0 Å². The van der Waals surface area contributed by atoms with E-state index in [2.05, 4.69) is 11.9 Å². The highest BCUT2D eigenvalue weighted by Crippen LogP contribution is 2.24. The molecule has 2 atom stereocenters. The van der Waals surface area contributed by atoms with Gasteiger partial charge in [-0.05, 0) is 19.3 Å². The average Bonchev–Trinajstić information content (AvgIpc) is 2.61. The summed E-state index contributed by atoms with van der Waals surface area (Å²) >= 11 is 0. The molecule has 1 aliphatic rings. The highest BCUT2D eigenvalue weighted by molar-refractivity contribution is 5.78. The molecule has 0 radical (unpaired) electrons. The van der Waals surface area contributed by atoms with Crippen molar-refractivity contribution < 1.29 is 14.3 Å². The summed E-state index contributed by atoms with van der Waals surface area (Å²) in [5, 5.41) is 2.97. The first-order valence-electron chi connectivity index (χ1n) is 6.67. The fraction of sp³-hybridized carbons (Fsp3) is 0.714. The SMILES string of the molecule is C=CCCC(=O)N[C@@H]1CCCCC[C@H]1C(=O)OC. The first kappa shape index (κ1) is 14.7. The minimum atomic E-state index is -0.203. The average molecular weight is 253 g/mol. The lowest BCUT2D eigenvalue weighted by molar-refractivity contribution is -0.147. The summed E-state index contributed by atoms with van der Waals surface area (Å²) in [6, 6.07) is -0.0720. The molecule has 0 bridgehead atoms. The Hall–Kier alpha value is -1.32. The van der Waals surface area contributed by atoms with Crippen molar-refractivity contribution >= 4 is 11.9 Å². The van der Waals surface area contributed by atoms with E-state index in [4.69, 9.17) is 4.74 Å². The Kier molecular flexibility index (Phi) is 6.47. The number of carbonyl (C=O) groups is 2. The molecule has 0 heterocycles. The van der Waals surface area contributed by atoms with Gasteiger partial charge in [0.15, 0.2) is 0 Å². The van der Waals surface area contributed by atoms with Crippen molar-refractivity contribution in [1.29, 1.82) is 0 Å². The number of ether oxygens (including phenoxy) is 1. The van der Waals surface area contributed by atoms with E-state index in [1.165, 1.54) is 7.11 Å². The van der Waals surface area contributed by atoms with E-state index in [1.54, 1.807) is 6.08 Å². The Balaban J connectivity index is 2.58. The molecule has 0 aromatic rings. The number of allylic oxidation sites excluding steroid dienone is 1. The zero-order chi connectivity index (χ0) is 13.4. The third-order valence-electron chi connectivity index (χ3n) is 3.44. The summed E-state index contributed by atoms with van der Waals surface area (Å²) in [5.74, 6) is -0.396. The van der Waals surface area contributed by atoms with Crippen molar-refractivity contribution in [3.8, 4) is 0 Å². The van der Waals surface area contributed by atoms with Gasteiger partial charge in [0.25, 0.3) is 0 Å². The molecule has 0 aliphatic heterocycles. The third kappa shape index (κ3) is 4.51. The second kappa shape index (κ2) is 7.90. The van der Waals surface area contributed by atoms with Gasteiger partial charge in [-0.3, -0.25) is 9.59 Å². The summed E-state index contributed by atoms with van der Waals surface area (Å²) in [6.45, 7) is 3.60. The number of nitrogens with one attached hydrogen (secondary N) is 1. The van der Waals surface area contributed by atoms with Crippen molar-refractivity contribution in [2.75, 3.05) is 7.11 Å². The molecule has 4 nitrogen and oxygen atoms in total. The van der Waals surface area contributed by atoms with E-state index in [9.17, 15) is 9.59 Å². The van der Waals surface area contributed by atoms with Gasteiger partial charge in [0.05, 0.1) is 13.0 Å². The van der Waals surface area contributed by atoms with Crippen molar-refractivity contribution in [2.24, 2.45) is 5.92 Å². The minimum Gasteiger partial charge on any atom is -0.469 e. The smallest absolute Gasteiger partial charge is 0.310 e. The van der Waals surface area contributed by atoms with E-state index in [0.717, 1.165) is 32.1 Å². The maximum Gasteiger partial charge on any atom is 0.310 e. The normalized spacial score (nSPS) is 23.8. The van der Waals surface area contributed by atoms with Crippen LogP contribution in [0, 0.1) is 5.92 Å². The highest BCUT2D eigenvalue weighted by atomic mass is 16.5. The fourth-order valence-corrected chi connectivity index (χ4v) is 2.43. The Labute approximate surface area is 109 Å². The van der Waals surface area contributed by atoms with E-state index in [-0.39, 0.29) is 23.8 Å². The first-order chi connectivity index (χ1) is 8.69. The second-order valence-electron chi connectivity index (χ2n) is 4.77. The predicted octanol–water partition coefficient (Wildman–Crippen LogP) is 2.19. The molecule has 0 aromatic heterocycles. The van der Waals surface area contributed by atoms with Crippen molar-refractivity contribution in [3.05, 3.63) is 12.7 Å². The molecule has 1 aliphatic carbocycles. The van der Waals surface area contributed by atoms with Crippen LogP contribution in [0.2, 0.25) is 0 Å². The molecule has 1 saturated carbocycles. The summed E-state index contributed by atoms with van der Waals surface area (Å²) < 4.78 is 4.83. The van der Waals surface area contributed by atoms with Crippen LogP contribution in [0.5, 0.6) is 0 Å². The summed E-state index contributed by atoms with van der Waals surface area (Å²) in [6.07, 6.45) is 7.70. The van der Waals surface area contributed by atoms with Crippen LogP contribution in [0.1, 0.15) is 44.9 Å². The number of hydrogen-bond donors (Lipinski definition) is 1. The van der Waals surface area contributed by atoms with E-state index < -0.39 is 0 Å². The molecule has 18 heavy (non-hydrogen) atoms. The van der Waals surface area contributed by atoms with Gasteiger partial charge in [-0.1, -0.05) is 25.3 Å². The van der Waals surface area contributed by atoms with Gasteiger partial charge >= 0.3 is 5.97 Å². The summed E-state index contributed by atoms with van der Waals surface area (Å²) in [4.78, 5) is 23.5. The molecular weight excluding hydrogens is 230 g/mol. The van der Waals surface area contributed by atoms with Gasteiger partial charge in [-0.25, -0.2) is 0 Å². The lowest BCUT2D eigenvalue weighted by Crippen LogP contribution is -2.43. The zero-order valence-electron chi connectivity index (χ0n) is 11.1. The number of methoxy groups -OCH3 is 1. The van der Waals surface area contributed by atoms with Crippen molar-refractivity contribution in [2.45, 2.75) is 51.0 Å². The minimum absolute atomic E-state index is 0.00398. The molecule has 1 fully saturated rings. The summed E-state index contributed by atoms with van der Waals surface area (Å²) in [7, 11) is 1.41. The lowest BCUT2D eigenvalue weighted by Gasteiger charge is -2.24. The Bertz CT molecular complexity index is 301. The van der Waals surface area contributed by atoms with Gasteiger partial charge in [0.2, 0.25) is 5.91 Å². The fourth-order valence-electron chi connectivity index (χ4n) is 2.43. The molecule has 1 rings (SSSR count). The highest BCUT2D eigenvalue weighted by Gasteiger charge is 2.31. The maximum absolute atomic E-state index is 11.7. The zero-order valence-corrected chi connectivity index (χ0v) is 11.1. The second-order valence-corrected chi connectivity index (χ2v) is 4.77. The largest absolute Gasteiger partial charge is 0.469 e. The standard InChI is InChI=1S/C14H23NO3/c1-3-4-10-13(16)15-12-9-7-5-6-8-11(12)14(17)18-2/h3,11-12H,1,4-10H2,2H3,(H,15,16)/t11-,12-/m1/s1. The topological polar surface area (TPSA) is 55.4 Å². The van der Waals surface area contributed by atoms with Crippen molar-refractivity contribution in [1.82, 2.24) is 5.32 Å². The maximum atomic E-state index is 11.7. The van der Waals surface area contributed by atoms with Gasteiger partial charge in [0.1, 0.15) is 0 Å². The van der Waals surface area contributed by atoms with Crippen LogP contribution in [0.4, 0.5) is 0 Å². The predicted molar refractivity (Wildman–Crippen MR) is 70.0 cm³/mol. The first-order valence-corrected chi connectivity index (χ1v) is 6.67. The number of carbonyl (C=O) groups excluding carboxylic acids is 2. The van der Waals surface area contributed by atoms with Crippen LogP contribution in [0.25, 0.3) is 0 Å². The van der Waals surface area contributed by atoms with E-state index >= 15 is 0 Å². The van der Waals surface area contributed by atoms with Crippen LogP contribution in [0.15, 0.2) is 12.7 Å². The van der Waals surface area contributed by atoms with Crippen LogP contribution >= 0.6 is 0 Å². The van der Waals surface area contributed by atoms with Crippen LogP contribution < -0.4 is 5.32 Å². The van der Waals surface area contributed by atoms with Crippen molar-refractivity contribution in [3.63, 3.8) is 0 Å². The molecule has 102 valence electrons. The quantitative estimate of drug-likeness (QED) is 0.464. The van der Waals surface area contributed by atoms with E-state index in [1.807, 2.05) is 0 Å². The monoisotopic (exact) mass is 253 g/mol. The summed E-state index contributed by atoms with van der Waals surface area (Å²) in [5.41, 5.74) is 0. The lowest BCUT2D eigenvalue weighted by atomic mass is 9.94. The van der Waals surface area contributed by atoms with Crippen LogP contribution in [-0.4, -0.2) is 25.0 Å². The molecule has 0 spiro atoms. The van der Waals surface area contributed by atoms with Gasteiger partial charge < -0.3 is 10.1 Å². The Morgan fingerprint density at radius 2 is 2.06 bits per heavy atom. The molecule has 0 aromatic carbocycles. The molecule has 1 N–H and O–H groups in total. The van der Waals surface area contributed by atoms with Crippen LogP contribution in [0.3, 0.4) is 0 Å². The number of rotatable bonds is 5. The van der Waals surface area contributed by atoms with Gasteiger partial charge in [-0.15, -0.1) is 6.58 Å².